The van der Waals surface area contributed by atoms with E-state index in [0.717, 1.165) is 25.3 Å². The summed E-state index contributed by atoms with van der Waals surface area (Å²) in [5, 5.41) is 48.8. The van der Waals surface area contributed by atoms with Crippen molar-refractivity contribution in [3.8, 4) is 0 Å². The van der Waals surface area contributed by atoms with E-state index < -0.39 is 30.7 Å². The van der Waals surface area contributed by atoms with Crippen LogP contribution in [0.15, 0.2) is 6.20 Å². The summed E-state index contributed by atoms with van der Waals surface area (Å²) in [6.07, 6.45) is 39.1. The SMILES string of the molecule is CCCCCCCCCCCCCCCCCCN(CCCCCCCCCCCCCCCCCC)Cc1cn(C[C@@H]2OC(O)[C@@H](O)[C@H](O)[C@@H]2O)nn1. The van der Waals surface area contributed by atoms with Crippen LogP contribution in [-0.4, -0.2) is 84.1 Å². The molecule has 9 heteroatoms. The zero-order valence-electron chi connectivity index (χ0n) is 35.4. The van der Waals surface area contributed by atoms with Gasteiger partial charge < -0.3 is 25.2 Å². The maximum absolute atomic E-state index is 10.4. The molecule has 4 N–H and O–H groups in total. The molecule has 5 atom stereocenters. The minimum absolute atomic E-state index is 0.132. The van der Waals surface area contributed by atoms with E-state index >= 15 is 0 Å². The van der Waals surface area contributed by atoms with Crippen LogP contribution >= 0.6 is 0 Å². The van der Waals surface area contributed by atoms with Crippen molar-refractivity contribution in [2.75, 3.05) is 13.1 Å². The molecule has 1 aliphatic rings. The quantitative estimate of drug-likeness (QED) is 0.0491. The van der Waals surface area contributed by atoms with Crippen LogP contribution in [0.5, 0.6) is 0 Å². The number of unbranched alkanes of at least 4 members (excludes halogenated alkanes) is 30. The number of hydrogen-bond donors (Lipinski definition) is 4. The van der Waals surface area contributed by atoms with Crippen LogP contribution in [0.25, 0.3) is 0 Å². The van der Waals surface area contributed by atoms with Crippen LogP contribution in [0.3, 0.4) is 0 Å². The zero-order valence-corrected chi connectivity index (χ0v) is 35.4. The number of ether oxygens (including phenoxy) is 1. The zero-order chi connectivity index (χ0) is 38.9. The van der Waals surface area contributed by atoms with Crippen LogP contribution in [0.1, 0.15) is 225 Å². The van der Waals surface area contributed by atoms with Gasteiger partial charge in [-0.15, -0.1) is 5.10 Å². The van der Waals surface area contributed by atoms with Gasteiger partial charge in [-0.25, -0.2) is 4.68 Å². The second-order valence-electron chi connectivity index (χ2n) is 16.9. The Labute approximate surface area is 332 Å². The maximum atomic E-state index is 10.4. The lowest BCUT2D eigenvalue weighted by Gasteiger charge is -2.38. The van der Waals surface area contributed by atoms with Crippen molar-refractivity contribution in [2.45, 2.75) is 263 Å². The molecule has 1 aromatic rings. The molecule has 0 aromatic carbocycles. The largest absolute Gasteiger partial charge is 0.388 e. The van der Waals surface area contributed by atoms with Crippen LogP contribution in [0.2, 0.25) is 0 Å². The second kappa shape index (κ2) is 34.0. The summed E-state index contributed by atoms with van der Waals surface area (Å²) in [4.78, 5) is 2.53. The molecule has 1 aromatic heterocycles. The third kappa shape index (κ3) is 24.5. The summed E-state index contributed by atoms with van der Waals surface area (Å²) in [5.74, 6) is 0. The molecule has 54 heavy (non-hydrogen) atoms. The van der Waals surface area contributed by atoms with Crippen molar-refractivity contribution in [3.05, 3.63) is 11.9 Å². The van der Waals surface area contributed by atoms with Crippen molar-refractivity contribution in [1.29, 1.82) is 0 Å². The number of aliphatic hydroxyl groups excluding tert-OH is 4. The summed E-state index contributed by atoms with van der Waals surface area (Å²) in [6.45, 7) is 7.56. The molecule has 2 rings (SSSR count). The molecular formula is C45H88N4O5. The highest BCUT2D eigenvalue weighted by Gasteiger charge is 2.43. The molecular weight excluding hydrogens is 677 g/mol. The lowest BCUT2D eigenvalue weighted by atomic mass is 9.99. The van der Waals surface area contributed by atoms with Gasteiger partial charge in [-0.1, -0.05) is 212 Å². The highest BCUT2D eigenvalue weighted by molar-refractivity contribution is 4.94. The Morgan fingerprint density at radius 2 is 0.852 bits per heavy atom. The number of hydrogen-bond acceptors (Lipinski definition) is 8. The monoisotopic (exact) mass is 765 g/mol. The molecule has 1 saturated heterocycles. The summed E-state index contributed by atoms with van der Waals surface area (Å²) >= 11 is 0. The topological polar surface area (TPSA) is 124 Å². The van der Waals surface area contributed by atoms with Gasteiger partial charge in [0.05, 0.1) is 12.2 Å². The van der Waals surface area contributed by atoms with E-state index in [4.69, 9.17) is 4.74 Å². The average molecular weight is 765 g/mol. The second-order valence-corrected chi connectivity index (χ2v) is 16.9. The Hall–Kier alpha value is -1.10. The fourth-order valence-corrected chi connectivity index (χ4v) is 8.03. The lowest BCUT2D eigenvalue weighted by Crippen LogP contribution is -2.58. The van der Waals surface area contributed by atoms with Crippen LogP contribution in [0, 0.1) is 0 Å². The van der Waals surface area contributed by atoms with Crippen molar-refractivity contribution >= 4 is 0 Å². The van der Waals surface area contributed by atoms with Gasteiger partial charge in [-0.3, -0.25) is 4.90 Å². The molecule has 0 radical (unpaired) electrons. The summed E-state index contributed by atoms with van der Waals surface area (Å²) in [6, 6.07) is 0. The van der Waals surface area contributed by atoms with E-state index in [9.17, 15) is 20.4 Å². The molecule has 0 spiro atoms. The van der Waals surface area contributed by atoms with E-state index in [0.29, 0.717) is 0 Å². The van der Waals surface area contributed by atoms with E-state index in [1.807, 2.05) is 6.20 Å². The lowest BCUT2D eigenvalue weighted by molar-refractivity contribution is -0.284. The number of rotatable bonds is 38. The van der Waals surface area contributed by atoms with E-state index in [1.54, 1.807) is 4.68 Å². The minimum atomic E-state index is -1.55. The van der Waals surface area contributed by atoms with Gasteiger partial charge in [0.2, 0.25) is 0 Å². The predicted molar refractivity (Wildman–Crippen MR) is 223 cm³/mol. The normalized spacial score (nSPS) is 20.4. The van der Waals surface area contributed by atoms with Crippen LogP contribution in [-0.2, 0) is 17.8 Å². The van der Waals surface area contributed by atoms with E-state index in [2.05, 4.69) is 29.1 Å². The third-order valence-corrected chi connectivity index (χ3v) is 11.7. The van der Waals surface area contributed by atoms with Crippen LogP contribution < -0.4 is 0 Å². The Morgan fingerprint density at radius 1 is 0.500 bits per heavy atom. The molecule has 1 fully saturated rings. The first-order valence-electron chi connectivity index (χ1n) is 23.4. The van der Waals surface area contributed by atoms with Gasteiger partial charge >= 0.3 is 0 Å². The van der Waals surface area contributed by atoms with Gasteiger partial charge in [0.1, 0.15) is 24.4 Å². The maximum Gasteiger partial charge on any atom is 0.184 e. The van der Waals surface area contributed by atoms with Crippen molar-refractivity contribution < 1.29 is 25.2 Å². The summed E-state index contributed by atoms with van der Waals surface area (Å²) in [7, 11) is 0. The Kier molecular flexibility index (Phi) is 30.9. The molecule has 9 nitrogen and oxygen atoms in total. The van der Waals surface area contributed by atoms with E-state index in [-0.39, 0.29) is 6.54 Å². The fraction of sp³-hybridized carbons (Fsp3) is 0.956. The van der Waals surface area contributed by atoms with Gasteiger partial charge in [0.25, 0.3) is 0 Å². The minimum Gasteiger partial charge on any atom is -0.388 e. The molecule has 318 valence electrons. The van der Waals surface area contributed by atoms with Crippen molar-refractivity contribution in [2.24, 2.45) is 0 Å². The average Bonchev–Trinajstić information content (AvgIpc) is 3.61. The standard InChI is InChI=1S/C45H88N4O5/c1-3-5-7-9-11-13-15-17-19-21-23-25-27-29-31-33-35-48(36-34-32-30-28-26-24-22-20-18-16-14-12-10-8-6-4-2)37-40-38-49(47-46-40)39-41-42(50)43(51)44(52)45(53)54-41/h38,41-45,50-53H,3-37,39H2,1-2H3/t41-,42+,43+,44-,45?/m0/s1. The number of aliphatic hydroxyl groups is 4. The fourth-order valence-electron chi connectivity index (χ4n) is 8.03. The first-order chi connectivity index (χ1) is 26.5. The Bertz CT molecular complexity index is 915. The van der Waals surface area contributed by atoms with Crippen molar-refractivity contribution in [1.82, 2.24) is 19.9 Å². The predicted octanol–water partition coefficient (Wildman–Crippen LogP) is 10.4. The Morgan fingerprint density at radius 3 is 1.22 bits per heavy atom. The highest BCUT2D eigenvalue weighted by atomic mass is 16.6. The molecule has 0 amide bonds. The highest BCUT2D eigenvalue weighted by Crippen LogP contribution is 2.21. The molecule has 0 bridgehead atoms. The molecule has 1 unspecified atom stereocenters. The third-order valence-electron chi connectivity index (χ3n) is 11.7. The Balaban J connectivity index is 1.62. The molecule has 0 aliphatic carbocycles. The number of nitrogens with zero attached hydrogens (tertiary/aromatic N) is 4. The van der Waals surface area contributed by atoms with Gasteiger partial charge in [-0.05, 0) is 25.9 Å². The van der Waals surface area contributed by atoms with Gasteiger partial charge in [-0.2, -0.15) is 0 Å². The first-order valence-corrected chi connectivity index (χ1v) is 23.4. The number of aromatic nitrogens is 3. The van der Waals surface area contributed by atoms with Crippen LogP contribution in [0.4, 0.5) is 0 Å². The smallest absolute Gasteiger partial charge is 0.184 e. The summed E-state index contributed by atoms with van der Waals surface area (Å²) in [5.41, 5.74) is 0.870. The molecule has 1 aliphatic heterocycles. The van der Waals surface area contributed by atoms with E-state index in [1.165, 1.54) is 205 Å². The van der Waals surface area contributed by atoms with Gasteiger partial charge in [0, 0.05) is 12.7 Å². The van der Waals surface area contributed by atoms with Gasteiger partial charge in [0.15, 0.2) is 6.29 Å². The first kappa shape index (κ1) is 49.0. The van der Waals surface area contributed by atoms with Crippen molar-refractivity contribution in [3.63, 3.8) is 0 Å². The molecule has 0 saturated carbocycles. The molecule has 2 heterocycles. The summed E-state index contributed by atoms with van der Waals surface area (Å²) < 4.78 is 6.95.